The second-order valence-electron chi connectivity index (χ2n) is 7.10. The molecular formula is C23H25Cl2N5O. The monoisotopic (exact) mass is 457 g/mol. The second-order valence-corrected chi connectivity index (χ2v) is 7.92. The van der Waals surface area contributed by atoms with Gasteiger partial charge in [0.1, 0.15) is 0 Å². The zero-order valence-electron chi connectivity index (χ0n) is 18.0. The van der Waals surface area contributed by atoms with E-state index in [0.29, 0.717) is 28.1 Å². The van der Waals surface area contributed by atoms with Crippen molar-refractivity contribution in [1.82, 2.24) is 15.1 Å². The van der Waals surface area contributed by atoms with E-state index in [9.17, 15) is 4.79 Å². The van der Waals surface area contributed by atoms with Crippen molar-refractivity contribution in [3.05, 3.63) is 80.6 Å². The molecule has 0 aliphatic carbocycles. The number of hydrogen-bond donors (Lipinski definition) is 2. The van der Waals surface area contributed by atoms with Gasteiger partial charge in [-0.2, -0.15) is 5.10 Å². The van der Waals surface area contributed by atoms with Crippen molar-refractivity contribution in [3.63, 3.8) is 0 Å². The minimum absolute atomic E-state index is 0.304. The minimum atomic E-state index is -0.353. The first-order valence-corrected chi connectivity index (χ1v) is 10.7. The topological polar surface area (TPSA) is 71.3 Å². The largest absolute Gasteiger partial charge is 0.326 e. The molecule has 8 heteroatoms. The molecule has 3 rings (SSSR count). The Morgan fingerprint density at radius 2 is 1.77 bits per heavy atom. The van der Waals surface area contributed by atoms with Crippen molar-refractivity contribution >= 4 is 40.8 Å². The molecule has 31 heavy (non-hydrogen) atoms. The van der Waals surface area contributed by atoms with Crippen LogP contribution in [0.25, 0.3) is 0 Å². The summed E-state index contributed by atoms with van der Waals surface area (Å²) in [5.74, 6) is -0.0486. The Morgan fingerprint density at radius 3 is 2.45 bits per heavy atom. The number of anilines is 1. The Hall–Kier alpha value is -2.83. The molecule has 0 aliphatic heterocycles. The molecule has 3 aromatic rings. The molecule has 1 heterocycles. The number of carbonyl (C=O) groups excluding carboxylic acids is 1. The second kappa shape index (κ2) is 9.98. The lowest BCUT2D eigenvalue weighted by molar-refractivity contribution is 0.0977. The van der Waals surface area contributed by atoms with Crippen LogP contribution in [0.4, 0.5) is 5.69 Å². The molecule has 2 aromatic carbocycles. The Morgan fingerprint density at radius 1 is 1.06 bits per heavy atom. The number of nitrogens with zero attached hydrogens (tertiary/aromatic N) is 3. The molecule has 1 amide bonds. The molecule has 0 aliphatic rings. The molecule has 0 bridgehead atoms. The molecule has 1 aromatic heterocycles. The van der Waals surface area contributed by atoms with Crippen molar-refractivity contribution in [1.29, 1.82) is 0 Å². The van der Waals surface area contributed by atoms with Crippen LogP contribution in [0.1, 0.15) is 39.8 Å². The lowest BCUT2D eigenvalue weighted by Gasteiger charge is -2.15. The molecule has 0 fully saturated rings. The molecule has 6 nitrogen and oxygen atoms in total. The maximum absolute atomic E-state index is 12.9. The van der Waals surface area contributed by atoms with Crippen molar-refractivity contribution in [2.75, 3.05) is 5.32 Å². The van der Waals surface area contributed by atoms with Crippen LogP contribution in [0.2, 0.25) is 10.0 Å². The Labute approximate surface area is 192 Å². The van der Waals surface area contributed by atoms with E-state index in [1.165, 1.54) is 0 Å². The SMILES string of the molecule is CCn1nc(C)c(CN=C(NC(=O)c2ccccc2Cl)Nc2cccc(Cl)c2C)c1C. The average Bonchev–Trinajstić information content (AvgIpc) is 3.02. The third kappa shape index (κ3) is 5.27. The summed E-state index contributed by atoms with van der Waals surface area (Å²) in [5, 5.41) is 11.6. The van der Waals surface area contributed by atoms with Gasteiger partial charge in [0, 0.05) is 28.5 Å². The van der Waals surface area contributed by atoms with Gasteiger partial charge in [0.25, 0.3) is 5.91 Å². The normalized spacial score (nSPS) is 11.5. The third-order valence-electron chi connectivity index (χ3n) is 5.10. The molecule has 0 saturated heterocycles. The molecule has 0 saturated carbocycles. The fourth-order valence-electron chi connectivity index (χ4n) is 3.23. The fourth-order valence-corrected chi connectivity index (χ4v) is 3.63. The van der Waals surface area contributed by atoms with Crippen LogP contribution < -0.4 is 10.6 Å². The van der Waals surface area contributed by atoms with Gasteiger partial charge in [-0.15, -0.1) is 0 Å². The van der Waals surface area contributed by atoms with Gasteiger partial charge in [-0.3, -0.25) is 14.8 Å². The van der Waals surface area contributed by atoms with Gasteiger partial charge < -0.3 is 5.32 Å². The maximum atomic E-state index is 12.9. The average molecular weight is 458 g/mol. The lowest BCUT2D eigenvalue weighted by atomic mass is 10.2. The molecule has 2 N–H and O–H groups in total. The highest BCUT2D eigenvalue weighted by molar-refractivity contribution is 6.34. The van der Waals surface area contributed by atoms with Crippen LogP contribution in [0.5, 0.6) is 0 Å². The summed E-state index contributed by atoms with van der Waals surface area (Å²) in [5.41, 5.74) is 4.97. The fraction of sp³-hybridized carbons (Fsp3) is 0.261. The van der Waals surface area contributed by atoms with E-state index in [1.54, 1.807) is 24.3 Å². The summed E-state index contributed by atoms with van der Waals surface area (Å²) in [4.78, 5) is 17.5. The number of aromatic nitrogens is 2. The predicted molar refractivity (Wildman–Crippen MR) is 127 cm³/mol. The summed E-state index contributed by atoms with van der Waals surface area (Å²) in [6.07, 6.45) is 0. The number of benzene rings is 2. The Kier molecular flexibility index (Phi) is 7.36. The standard InChI is InChI=1S/C23H25Cl2N5O/c1-5-30-16(4)18(15(3)29-30)13-26-23(27-21-12-8-11-19(24)14(21)2)28-22(31)17-9-6-7-10-20(17)25/h6-12H,5,13H2,1-4H3,(H2,26,27,28,31). The number of carbonyl (C=O) groups is 1. The Balaban J connectivity index is 1.93. The number of nitrogens with one attached hydrogen (secondary N) is 2. The lowest BCUT2D eigenvalue weighted by Crippen LogP contribution is -2.36. The van der Waals surface area contributed by atoms with Gasteiger partial charge in [-0.05, 0) is 57.5 Å². The van der Waals surface area contributed by atoms with Crippen LogP contribution in [0, 0.1) is 20.8 Å². The molecule has 0 radical (unpaired) electrons. The summed E-state index contributed by atoms with van der Waals surface area (Å²) in [6.45, 7) is 9.07. The maximum Gasteiger partial charge on any atom is 0.259 e. The highest BCUT2D eigenvalue weighted by atomic mass is 35.5. The minimum Gasteiger partial charge on any atom is -0.326 e. The summed E-state index contributed by atoms with van der Waals surface area (Å²) in [7, 11) is 0. The number of rotatable bonds is 5. The smallest absolute Gasteiger partial charge is 0.259 e. The van der Waals surface area contributed by atoms with E-state index in [-0.39, 0.29) is 5.91 Å². The van der Waals surface area contributed by atoms with Crippen molar-refractivity contribution in [2.45, 2.75) is 40.8 Å². The van der Waals surface area contributed by atoms with Crippen molar-refractivity contribution < 1.29 is 4.79 Å². The van der Waals surface area contributed by atoms with E-state index in [2.05, 4.69) is 20.7 Å². The van der Waals surface area contributed by atoms with E-state index in [1.807, 2.05) is 50.6 Å². The summed E-state index contributed by atoms with van der Waals surface area (Å²) < 4.78 is 1.94. The molecule has 0 atom stereocenters. The van der Waals surface area contributed by atoms with E-state index in [4.69, 9.17) is 23.2 Å². The van der Waals surface area contributed by atoms with E-state index >= 15 is 0 Å². The van der Waals surface area contributed by atoms with Gasteiger partial charge in [0.15, 0.2) is 0 Å². The highest BCUT2D eigenvalue weighted by Crippen LogP contribution is 2.23. The van der Waals surface area contributed by atoms with E-state index < -0.39 is 0 Å². The first kappa shape index (κ1) is 22.8. The number of aliphatic imine (C=N–C) groups is 1. The number of hydrogen-bond acceptors (Lipinski definition) is 3. The van der Waals surface area contributed by atoms with Crippen molar-refractivity contribution in [3.8, 4) is 0 Å². The van der Waals surface area contributed by atoms with Gasteiger partial charge in [-0.1, -0.05) is 41.4 Å². The first-order valence-electron chi connectivity index (χ1n) is 9.97. The summed E-state index contributed by atoms with van der Waals surface area (Å²) >= 11 is 12.4. The predicted octanol–water partition coefficient (Wildman–Crippen LogP) is 5.53. The third-order valence-corrected chi connectivity index (χ3v) is 5.84. The molecular weight excluding hydrogens is 433 g/mol. The zero-order chi connectivity index (χ0) is 22.5. The number of guanidine groups is 1. The quantitative estimate of drug-likeness (QED) is 0.390. The molecule has 162 valence electrons. The highest BCUT2D eigenvalue weighted by Gasteiger charge is 2.15. The van der Waals surface area contributed by atoms with Crippen LogP contribution in [-0.2, 0) is 13.1 Å². The number of aryl methyl sites for hydroxylation is 2. The summed E-state index contributed by atoms with van der Waals surface area (Å²) in [6, 6.07) is 12.4. The Bertz CT molecular complexity index is 1140. The number of amides is 1. The zero-order valence-corrected chi connectivity index (χ0v) is 19.5. The van der Waals surface area contributed by atoms with Crippen LogP contribution in [0.3, 0.4) is 0 Å². The first-order chi connectivity index (χ1) is 14.8. The van der Waals surface area contributed by atoms with Crippen LogP contribution in [0.15, 0.2) is 47.5 Å². The van der Waals surface area contributed by atoms with Gasteiger partial charge in [0.2, 0.25) is 5.96 Å². The molecule has 0 spiro atoms. The van der Waals surface area contributed by atoms with Gasteiger partial charge in [0.05, 0.1) is 22.8 Å². The van der Waals surface area contributed by atoms with Gasteiger partial charge >= 0.3 is 0 Å². The molecule has 0 unspecified atom stereocenters. The number of halogens is 2. The van der Waals surface area contributed by atoms with Crippen LogP contribution >= 0.6 is 23.2 Å². The van der Waals surface area contributed by atoms with Crippen LogP contribution in [-0.4, -0.2) is 21.6 Å². The van der Waals surface area contributed by atoms with E-state index in [0.717, 1.165) is 34.7 Å². The van der Waals surface area contributed by atoms with Crippen molar-refractivity contribution in [2.24, 2.45) is 4.99 Å². The van der Waals surface area contributed by atoms with Gasteiger partial charge in [-0.25, -0.2) is 4.99 Å².